The predicted octanol–water partition coefficient (Wildman–Crippen LogP) is 1.73. The van der Waals surface area contributed by atoms with Gasteiger partial charge in [0.1, 0.15) is 11.3 Å². The minimum absolute atomic E-state index is 0.253. The second-order valence-corrected chi connectivity index (χ2v) is 7.27. The standard InChI is InChI=1S/C10H12F4N4O3S/c1-9(2)4-5(17-21-9)22(19,20)8(11)6-7(10(12,13)14)16-18(3)15-6/h8H,4H2,1-3H3. The first-order valence-corrected chi connectivity index (χ1v) is 7.51. The SMILES string of the molecule is Cn1nc(C(F)S(=O)(=O)C2=NOC(C)(C)C2)c(C(F)(F)F)n1. The highest BCUT2D eigenvalue weighted by Gasteiger charge is 2.47. The molecule has 0 spiro atoms. The van der Waals surface area contributed by atoms with Gasteiger partial charge in [0, 0.05) is 13.5 Å². The van der Waals surface area contributed by atoms with Gasteiger partial charge in [0.15, 0.2) is 10.7 Å². The van der Waals surface area contributed by atoms with Gasteiger partial charge in [-0.05, 0) is 13.8 Å². The van der Waals surface area contributed by atoms with E-state index in [4.69, 9.17) is 4.84 Å². The number of hydrogen-bond donors (Lipinski definition) is 0. The molecule has 12 heteroatoms. The van der Waals surface area contributed by atoms with Crippen LogP contribution in [0.2, 0.25) is 0 Å². The summed E-state index contributed by atoms with van der Waals surface area (Å²) < 4.78 is 76.8. The molecule has 22 heavy (non-hydrogen) atoms. The summed E-state index contributed by atoms with van der Waals surface area (Å²) in [6.45, 7) is 3.02. The van der Waals surface area contributed by atoms with Crippen molar-refractivity contribution in [3.63, 3.8) is 0 Å². The average molecular weight is 344 g/mol. The van der Waals surface area contributed by atoms with E-state index in [9.17, 15) is 26.0 Å². The van der Waals surface area contributed by atoms with E-state index in [0.29, 0.717) is 4.80 Å². The summed E-state index contributed by atoms with van der Waals surface area (Å²) in [6, 6.07) is 0. The molecule has 1 unspecified atom stereocenters. The number of aryl methyl sites for hydroxylation is 1. The van der Waals surface area contributed by atoms with Crippen molar-refractivity contribution in [3.8, 4) is 0 Å². The molecule has 0 N–H and O–H groups in total. The molecular formula is C10H12F4N4O3S. The van der Waals surface area contributed by atoms with Crippen LogP contribution in [0.4, 0.5) is 17.6 Å². The molecule has 2 heterocycles. The Labute approximate surface area is 122 Å². The topological polar surface area (TPSA) is 86.4 Å². The van der Waals surface area contributed by atoms with E-state index in [0.717, 1.165) is 7.05 Å². The van der Waals surface area contributed by atoms with Gasteiger partial charge in [0.25, 0.3) is 5.50 Å². The number of oxime groups is 1. The van der Waals surface area contributed by atoms with Gasteiger partial charge in [-0.3, -0.25) is 0 Å². The van der Waals surface area contributed by atoms with Gasteiger partial charge < -0.3 is 4.84 Å². The number of aromatic nitrogens is 3. The molecule has 0 saturated heterocycles. The normalized spacial score (nSPS) is 19.7. The van der Waals surface area contributed by atoms with Crippen LogP contribution in [0.15, 0.2) is 5.16 Å². The van der Waals surface area contributed by atoms with Crippen molar-refractivity contribution in [2.75, 3.05) is 0 Å². The maximum absolute atomic E-state index is 14.3. The Balaban J connectivity index is 2.43. The molecular weight excluding hydrogens is 332 g/mol. The summed E-state index contributed by atoms with van der Waals surface area (Å²) >= 11 is 0. The van der Waals surface area contributed by atoms with Crippen molar-refractivity contribution in [2.24, 2.45) is 12.2 Å². The van der Waals surface area contributed by atoms with Gasteiger partial charge >= 0.3 is 6.18 Å². The number of halogens is 4. The molecule has 0 fully saturated rings. The molecule has 0 amide bonds. The summed E-state index contributed by atoms with van der Waals surface area (Å²) in [6.07, 6.45) is -5.28. The second-order valence-electron chi connectivity index (χ2n) is 5.29. The highest BCUT2D eigenvalue weighted by Crippen LogP contribution is 2.37. The molecule has 7 nitrogen and oxygen atoms in total. The van der Waals surface area contributed by atoms with Crippen molar-refractivity contribution < 1.29 is 30.8 Å². The van der Waals surface area contributed by atoms with Crippen LogP contribution in [-0.2, 0) is 27.9 Å². The molecule has 0 bridgehead atoms. The van der Waals surface area contributed by atoms with E-state index < -0.39 is 43.5 Å². The number of hydrogen-bond acceptors (Lipinski definition) is 6. The third-order valence-electron chi connectivity index (χ3n) is 2.80. The summed E-state index contributed by atoms with van der Waals surface area (Å²) in [5.41, 5.74) is -7.02. The third-order valence-corrected chi connectivity index (χ3v) is 4.44. The minimum Gasteiger partial charge on any atom is -0.389 e. The molecule has 0 saturated carbocycles. The van der Waals surface area contributed by atoms with E-state index in [-0.39, 0.29) is 6.42 Å². The summed E-state index contributed by atoms with van der Waals surface area (Å²) in [5.74, 6) is 0. The Morgan fingerprint density at radius 1 is 1.32 bits per heavy atom. The highest BCUT2D eigenvalue weighted by molar-refractivity contribution is 8.06. The maximum atomic E-state index is 14.3. The Hall–Kier alpha value is -1.72. The van der Waals surface area contributed by atoms with Crippen LogP contribution in [0.3, 0.4) is 0 Å². The van der Waals surface area contributed by atoms with Crippen molar-refractivity contribution in [3.05, 3.63) is 11.4 Å². The summed E-state index contributed by atoms with van der Waals surface area (Å²) in [4.78, 5) is 5.26. The quantitative estimate of drug-likeness (QED) is 0.763. The van der Waals surface area contributed by atoms with Crippen molar-refractivity contribution in [2.45, 2.75) is 37.5 Å². The molecule has 0 radical (unpaired) electrons. The Morgan fingerprint density at radius 2 is 1.91 bits per heavy atom. The number of nitrogens with zero attached hydrogens (tertiary/aromatic N) is 4. The monoisotopic (exact) mass is 344 g/mol. The van der Waals surface area contributed by atoms with E-state index in [1.165, 1.54) is 13.8 Å². The van der Waals surface area contributed by atoms with Gasteiger partial charge in [-0.1, -0.05) is 5.16 Å². The first-order valence-electron chi connectivity index (χ1n) is 5.96. The average Bonchev–Trinajstić information content (AvgIpc) is 2.90. The fraction of sp³-hybridized carbons (Fsp3) is 0.700. The third kappa shape index (κ3) is 2.91. The molecule has 0 aromatic carbocycles. The zero-order chi connectivity index (χ0) is 16.9. The largest absolute Gasteiger partial charge is 0.437 e. The van der Waals surface area contributed by atoms with Crippen LogP contribution in [0.25, 0.3) is 0 Å². The first-order chi connectivity index (χ1) is 9.84. The van der Waals surface area contributed by atoms with Gasteiger partial charge in [0.05, 0.1) is 0 Å². The number of sulfone groups is 1. The molecule has 1 atom stereocenters. The van der Waals surface area contributed by atoms with E-state index in [1.54, 1.807) is 0 Å². The van der Waals surface area contributed by atoms with E-state index in [1.807, 2.05) is 0 Å². The molecule has 2 rings (SSSR count). The van der Waals surface area contributed by atoms with Crippen LogP contribution < -0.4 is 0 Å². The van der Waals surface area contributed by atoms with Gasteiger partial charge in [-0.25, -0.2) is 12.8 Å². The van der Waals surface area contributed by atoms with Crippen molar-refractivity contribution >= 4 is 14.9 Å². The lowest BCUT2D eigenvalue weighted by Crippen LogP contribution is -2.25. The minimum atomic E-state index is -5.03. The zero-order valence-electron chi connectivity index (χ0n) is 11.7. The van der Waals surface area contributed by atoms with E-state index in [2.05, 4.69) is 15.4 Å². The lowest BCUT2D eigenvalue weighted by molar-refractivity contribution is -0.142. The van der Waals surface area contributed by atoms with E-state index >= 15 is 0 Å². The number of rotatable bonds is 2. The summed E-state index contributed by atoms with van der Waals surface area (Å²) in [7, 11) is -3.76. The van der Waals surface area contributed by atoms with Gasteiger partial charge in [-0.2, -0.15) is 23.1 Å². The predicted molar refractivity (Wildman–Crippen MR) is 66.0 cm³/mol. The van der Waals surface area contributed by atoms with Crippen LogP contribution in [-0.4, -0.2) is 34.1 Å². The van der Waals surface area contributed by atoms with Crippen molar-refractivity contribution in [1.82, 2.24) is 15.0 Å². The van der Waals surface area contributed by atoms with Crippen LogP contribution in [0, 0.1) is 0 Å². The smallest absolute Gasteiger partial charge is 0.389 e. The lowest BCUT2D eigenvalue weighted by Gasteiger charge is -2.13. The highest BCUT2D eigenvalue weighted by atomic mass is 32.2. The Kier molecular flexibility index (Phi) is 3.70. The number of alkyl halides is 4. The lowest BCUT2D eigenvalue weighted by atomic mass is 10.1. The summed E-state index contributed by atoms with van der Waals surface area (Å²) in [5, 5.41) is 8.76. The first kappa shape index (κ1) is 16.6. The molecule has 1 aromatic rings. The van der Waals surface area contributed by atoms with Crippen molar-refractivity contribution in [1.29, 1.82) is 0 Å². The zero-order valence-corrected chi connectivity index (χ0v) is 12.5. The maximum Gasteiger partial charge on any atom is 0.437 e. The Bertz CT molecular complexity index is 723. The molecule has 1 aliphatic rings. The van der Waals surface area contributed by atoms with Gasteiger partial charge in [-0.15, -0.1) is 5.10 Å². The molecule has 124 valence electrons. The van der Waals surface area contributed by atoms with Crippen LogP contribution in [0.5, 0.6) is 0 Å². The fourth-order valence-corrected chi connectivity index (χ4v) is 3.18. The Morgan fingerprint density at radius 3 is 2.36 bits per heavy atom. The van der Waals surface area contributed by atoms with Crippen LogP contribution >= 0.6 is 0 Å². The van der Waals surface area contributed by atoms with Crippen LogP contribution in [0.1, 0.15) is 37.2 Å². The van der Waals surface area contributed by atoms with Gasteiger partial charge in [0.2, 0.25) is 9.84 Å². The fourth-order valence-electron chi connectivity index (χ4n) is 1.80. The molecule has 1 aromatic heterocycles. The molecule has 1 aliphatic heterocycles. The molecule has 0 aliphatic carbocycles. The second kappa shape index (κ2) is 4.89.